The minimum Gasteiger partial charge on any atom is -0.494 e. The molecule has 1 heterocycles. The van der Waals surface area contributed by atoms with E-state index in [9.17, 15) is 8.78 Å². The number of hydrogen-bond donors (Lipinski definition) is 2. The summed E-state index contributed by atoms with van der Waals surface area (Å²) in [7, 11) is 1.28. The molecule has 2 aromatic rings. The molecule has 2 rings (SSSR count). The maximum absolute atomic E-state index is 13.8. The lowest BCUT2D eigenvalue weighted by molar-refractivity contribution is 0.281. The smallest absolute Gasteiger partial charge is 0.165 e. The highest BCUT2D eigenvalue weighted by atomic mass is 19.1. The third-order valence-corrected chi connectivity index (χ3v) is 2.82. The summed E-state index contributed by atoms with van der Waals surface area (Å²) in [6, 6.07) is 3.67. The molecule has 0 unspecified atom stereocenters. The third kappa shape index (κ3) is 2.09. The first-order chi connectivity index (χ1) is 8.56. The monoisotopic (exact) mass is 253 g/mol. The summed E-state index contributed by atoms with van der Waals surface area (Å²) in [6.45, 7) is 1.61. The fourth-order valence-electron chi connectivity index (χ4n) is 1.80. The molecule has 0 aliphatic heterocycles. The zero-order valence-electron chi connectivity index (χ0n) is 10.1. The standard InChI is InChI=1S/C13H13F2NO2/c1-7-8(6-17)3-12(16-7)9-4-11(15)13(18-2)5-10(9)14/h3-5,16-17H,6H2,1-2H3. The molecule has 0 aliphatic rings. The zero-order valence-corrected chi connectivity index (χ0v) is 10.1. The molecule has 5 heteroatoms. The molecule has 0 aliphatic carbocycles. The van der Waals surface area contributed by atoms with E-state index in [1.165, 1.54) is 7.11 Å². The normalized spacial score (nSPS) is 10.7. The highest BCUT2D eigenvalue weighted by Gasteiger charge is 2.14. The van der Waals surface area contributed by atoms with E-state index in [4.69, 9.17) is 9.84 Å². The van der Waals surface area contributed by atoms with Gasteiger partial charge in [-0.05, 0) is 24.6 Å². The molecule has 1 aromatic heterocycles. The van der Waals surface area contributed by atoms with Crippen molar-refractivity contribution in [2.75, 3.05) is 7.11 Å². The Labute approximate surface area is 103 Å². The summed E-state index contributed by atoms with van der Waals surface area (Å²) in [5, 5.41) is 9.08. The molecule has 96 valence electrons. The summed E-state index contributed by atoms with van der Waals surface area (Å²) in [5.41, 5.74) is 1.91. The van der Waals surface area contributed by atoms with Gasteiger partial charge in [0.1, 0.15) is 5.82 Å². The van der Waals surface area contributed by atoms with Crippen molar-refractivity contribution in [1.29, 1.82) is 0 Å². The Morgan fingerprint density at radius 1 is 1.22 bits per heavy atom. The SMILES string of the molecule is COc1cc(F)c(-c2cc(CO)c(C)[nH]2)cc1F. The van der Waals surface area contributed by atoms with Crippen molar-refractivity contribution >= 4 is 0 Å². The van der Waals surface area contributed by atoms with E-state index >= 15 is 0 Å². The molecule has 2 N–H and O–H groups in total. The molecular formula is C13H13F2NO2. The van der Waals surface area contributed by atoms with Gasteiger partial charge in [0.15, 0.2) is 11.6 Å². The average molecular weight is 253 g/mol. The number of aromatic amines is 1. The van der Waals surface area contributed by atoms with Crippen molar-refractivity contribution in [2.45, 2.75) is 13.5 Å². The molecule has 0 atom stereocenters. The number of halogens is 2. The van der Waals surface area contributed by atoms with Crippen molar-refractivity contribution < 1.29 is 18.6 Å². The maximum atomic E-state index is 13.8. The van der Waals surface area contributed by atoms with Crippen molar-refractivity contribution in [3.63, 3.8) is 0 Å². The summed E-state index contributed by atoms with van der Waals surface area (Å²) in [6.07, 6.45) is 0. The Morgan fingerprint density at radius 3 is 2.50 bits per heavy atom. The van der Waals surface area contributed by atoms with E-state index in [1.54, 1.807) is 13.0 Å². The molecule has 0 bridgehead atoms. The number of rotatable bonds is 3. The van der Waals surface area contributed by atoms with Gasteiger partial charge in [-0.25, -0.2) is 8.78 Å². The minimum atomic E-state index is -0.633. The van der Waals surface area contributed by atoms with Gasteiger partial charge in [0, 0.05) is 23.0 Å². The van der Waals surface area contributed by atoms with Crippen LogP contribution in [0.5, 0.6) is 5.75 Å². The van der Waals surface area contributed by atoms with Crippen LogP contribution in [-0.2, 0) is 6.61 Å². The van der Waals surface area contributed by atoms with E-state index in [2.05, 4.69) is 4.98 Å². The second-order valence-electron chi connectivity index (χ2n) is 3.96. The zero-order chi connectivity index (χ0) is 13.3. The lowest BCUT2D eigenvalue weighted by Gasteiger charge is -2.05. The maximum Gasteiger partial charge on any atom is 0.165 e. The summed E-state index contributed by atoms with van der Waals surface area (Å²) in [4.78, 5) is 2.91. The topological polar surface area (TPSA) is 45.2 Å². The van der Waals surface area contributed by atoms with Gasteiger partial charge in [0.25, 0.3) is 0 Å². The van der Waals surface area contributed by atoms with Crippen molar-refractivity contribution in [1.82, 2.24) is 4.98 Å². The van der Waals surface area contributed by atoms with Gasteiger partial charge in [-0.15, -0.1) is 0 Å². The summed E-state index contributed by atoms with van der Waals surface area (Å²) >= 11 is 0. The van der Waals surface area contributed by atoms with Crippen molar-refractivity contribution in [3.05, 3.63) is 41.1 Å². The molecule has 0 fully saturated rings. The van der Waals surface area contributed by atoms with Crippen LogP contribution in [0.2, 0.25) is 0 Å². The van der Waals surface area contributed by atoms with Gasteiger partial charge in [0.2, 0.25) is 0 Å². The average Bonchev–Trinajstić information content (AvgIpc) is 2.72. The van der Waals surface area contributed by atoms with Crippen LogP contribution in [0, 0.1) is 18.6 Å². The molecule has 1 aromatic carbocycles. The fraction of sp³-hybridized carbons (Fsp3) is 0.231. The predicted octanol–water partition coefficient (Wildman–Crippen LogP) is 2.77. The lowest BCUT2D eigenvalue weighted by atomic mass is 10.1. The molecule has 0 amide bonds. The van der Waals surface area contributed by atoms with Gasteiger partial charge >= 0.3 is 0 Å². The fourth-order valence-corrected chi connectivity index (χ4v) is 1.80. The minimum absolute atomic E-state index is 0.108. The highest BCUT2D eigenvalue weighted by molar-refractivity contribution is 5.63. The summed E-state index contributed by atoms with van der Waals surface area (Å²) < 4.78 is 32.1. The van der Waals surface area contributed by atoms with E-state index in [0.29, 0.717) is 11.3 Å². The van der Waals surface area contributed by atoms with Crippen molar-refractivity contribution in [3.8, 4) is 17.0 Å². The molecule has 18 heavy (non-hydrogen) atoms. The van der Waals surface area contributed by atoms with Gasteiger partial charge in [-0.3, -0.25) is 0 Å². The first kappa shape index (κ1) is 12.6. The molecule has 3 nitrogen and oxygen atoms in total. The molecule has 0 spiro atoms. The van der Waals surface area contributed by atoms with Crippen LogP contribution in [0.4, 0.5) is 8.78 Å². The predicted molar refractivity (Wildman–Crippen MR) is 63.4 cm³/mol. The van der Waals surface area contributed by atoms with Crippen molar-refractivity contribution in [2.24, 2.45) is 0 Å². The molecule has 0 radical (unpaired) electrons. The van der Waals surface area contributed by atoms with Crippen LogP contribution in [0.3, 0.4) is 0 Å². The quantitative estimate of drug-likeness (QED) is 0.883. The number of hydrogen-bond acceptors (Lipinski definition) is 2. The largest absolute Gasteiger partial charge is 0.494 e. The Bertz CT molecular complexity index is 579. The van der Waals surface area contributed by atoms with Crippen LogP contribution < -0.4 is 4.74 Å². The first-order valence-corrected chi connectivity index (χ1v) is 5.39. The number of aromatic nitrogens is 1. The van der Waals surface area contributed by atoms with E-state index in [-0.39, 0.29) is 17.9 Å². The number of methoxy groups -OCH3 is 1. The first-order valence-electron chi connectivity index (χ1n) is 5.39. The number of aliphatic hydroxyl groups excluding tert-OH is 1. The third-order valence-electron chi connectivity index (χ3n) is 2.82. The lowest BCUT2D eigenvalue weighted by Crippen LogP contribution is -1.93. The number of aliphatic hydroxyl groups is 1. The van der Waals surface area contributed by atoms with Crippen LogP contribution in [0.25, 0.3) is 11.3 Å². The molecular weight excluding hydrogens is 240 g/mol. The highest BCUT2D eigenvalue weighted by Crippen LogP contribution is 2.29. The van der Waals surface area contributed by atoms with E-state index in [0.717, 1.165) is 17.8 Å². The number of nitrogens with one attached hydrogen (secondary N) is 1. The second kappa shape index (κ2) is 4.78. The number of H-pyrrole nitrogens is 1. The number of ether oxygens (including phenoxy) is 1. The van der Waals surface area contributed by atoms with Gasteiger partial charge < -0.3 is 14.8 Å². The van der Waals surface area contributed by atoms with Crippen LogP contribution in [-0.4, -0.2) is 17.2 Å². The molecule has 0 saturated carbocycles. The Balaban J connectivity index is 2.53. The summed E-state index contributed by atoms with van der Waals surface area (Å²) in [5.74, 6) is -1.35. The van der Waals surface area contributed by atoms with Crippen LogP contribution in [0.15, 0.2) is 18.2 Å². The molecule has 0 saturated heterocycles. The second-order valence-corrected chi connectivity index (χ2v) is 3.96. The number of aryl methyl sites for hydroxylation is 1. The van der Waals surface area contributed by atoms with Crippen LogP contribution >= 0.6 is 0 Å². The van der Waals surface area contributed by atoms with E-state index < -0.39 is 11.6 Å². The Hall–Kier alpha value is -1.88. The Kier molecular flexibility index (Phi) is 3.34. The van der Waals surface area contributed by atoms with E-state index in [1.807, 2.05) is 0 Å². The Morgan fingerprint density at radius 2 is 1.94 bits per heavy atom. The van der Waals surface area contributed by atoms with Gasteiger partial charge in [0.05, 0.1) is 13.7 Å². The van der Waals surface area contributed by atoms with Gasteiger partial charge in [-0.2, -0.15) is 0 Å². The van der Waals surface area contributed by atoms with Crippen LogP contribution in [0.1, 0.15) is 11.3 Å². The number of benzene rings is 1. The van der Waals surface area contributed by atoms with Gasteiger partial charge in [-0.1, -0.05) is 0 Å².